The maximum Gasteiger partial charge on any atom is 0.215 e. The average molecular weight is 244 g/mol. The first-order valence-corrected chi connectivity index (χ1v) is 6.06. The number of nitrogens with two attached hydrogens (primary N) is 1. The van der Waals surface area contributed by atoms with Crippen LogP contribution in [0.3, 0.4) is 0 Å². The summed E-state index contributed by atoms with van der Waals surface area (Å²) >= 11 is 0. The molecular formula is C14H20N4. The highest BCUT2D eigenvalue weighted by molar-refractivity contribution is 5.64. The zero-order valence-electron chi connectivity index (χ0n) is 11.3. The largest absolute Gasteiger partial charge is 0.327 e. The molecule has 0 bridgehead atoms. The Morgan fingerprint density at radius 3 is 2.22 bits per heavy atom. The van der Waals surface area contributed by atoms with Gasteiger partial charge in [-0.3, -0.25) is 5.43 Å². The van der Waals surface area contributed by atoms with Gasteiger partial charge in [0.2, 0.25) is 5.95 Å². The molecule has 4 heteroatoms. The topological polar surface area (TPSA) is 66.7 Å². The van der Waals surface area contributed by atoms with Gasteiger partial charge in [0.15, 0.2) is 0 Å². The average Bonchev–Trinajstić information content (AvgIpc) is 2.70. The third-order valence-electron chi connectivity index (χ3n) is 3.05. The monoisotopic (exact) mass is 244 g/mol. The zero-order chi connectivity index (χ0) is 13.3. The number of rotatable bonds is 2. The number of hydrazine groups is 1. The van der Waals surface area contributed by atoms with Crippen LogP contribution in [0.5, 0.6) is 0 Å². The number of aromatic nitrogens is 2. The molecule has 4 nitrogen and oxygen atoms in total. The number of anilines is 1. The molecule has 0 radical (unpaired) electrons. The standard InChI is InChI=1S/C14H20N4/c1-9-12(17-13(16-9)18-15)10-5-7-11(8-6-10)14(2,3)4/h5-8H,15H2,1-4H3,(H2,16,17,18). The number of aryl methyl sites for hydroxylation is 1. The van der Waals surface area contributed by atoms with Crippen molar-refractivity contribution in [1.29, 1.82) is 0 Å². The van der Waals surface area contributed by atoms with E-state index in [-0.39, 0.29) is 5.41 Å². The molecule has 18 heavy (non-hydrogen) atoms. The minimum absolute atomic E-state index is 0.170. The van der Waals surface area contributed by atoms with Gasteiger partial charge in [-0.15, -0.1) is 0 Å². The van der Waals surface area contributed by atoms with Crippen LogP contribution in [-0.2, 0) is 5.41 Å². The van der Waals surface area contributed by atoms with E-state index < -0.39 is 0 Å². The summed E-state index contributed by atoms with van der Waals surface area (Å²) in [4.78, 5) is 7.49. The van der Waals surface area contributed by atoms with Crippen LogP contribution < -0.4 is 11.3 Å². The van der Waals surface area contributed by atoms with Gasteiger partial charge < -0.3 is 4.98 Å². The summed E-state index contributed by atoms with van der Waals surface area (Å²) in [5.41, 5.74) is 7.05. The van der Waals surface area contributed by atoms with Gasteiger partial charge >= 0.3 is 0 Å². The molecule has 4 N–H and O–H groups in total. The van der Waals surface area contributed by atoms with Crippen molar-refractivity contribution in [1.82, 2.24) is 9.97 Å². The smallest absolute Gasteiger partial charge is 0.215 e. The molecule has 0 saturated carbocycles. The van der Waals surface area contributed by atoms with Gasteiger partial charge in [-0.2, -0.15) is 0 Å². The fraction of sp³-hybridized carbons (Fsp3) is 0.357. The van der Waals surface area contributed by atoms with Crippen LogP contribution in [0.4, 0.5) is 5.95 Å². The molecule has 0 unspecified atom stereocenters. The van der Waals surface area contributed by atoms with Crippen LogP contribution in [0.1, 0.15) is 32.0 Å². The maximum atomic E-state index is 5.35. The van der Waals surface area contributed by atoms with Gasteiger partial charge in [0, 0.05) is 11.3 Å². The Bertz CT molecular complexity index is 532. The molecule has 0 aliphatic heterocycles. The third kappa shape index (κ3) is 2.38. The molecular weight excluding hydrogens is 224 g/mol. The quantitative estimate of drug-likeness (QED) is 0.562. The van der Waals surface area contributed by atoms with Gasteiger partial charge in [-0.05, 0) is 17.9 Å². The number of hydrogen-bond donors (Lipinski definition) is 3. The number of H-pyrrole nitrogens is 1. The van der Waals surface area contributed by atoms with Crippen LogP contribution in [0.2, 0.25) is 0 Å². The zero-order valence-corrected chi connectivity index (χ0v) is 11.3. The van der Waals surface area contributed by atoms with Crippen molar-refractivity contribution in [3.8, 4) is 11.3 Å². The van der Waals surface area contributed by atoms with E-state index in [1.165, 1.54) is 5.56 Å². The molecule has 2 aromatic rings. The van der Waals surface area contributed by atoms with Gasteiger partial charge in [-0.1, -0.05) is 45.0 Å². The lowest BCUT2D eigenvalue weighted by Crippen LogP contribution is -2.10. The first kappa shape index (κ1) is 12.6. The Morgan fingerprint density at radius 2 is 1.78 bits per heavy atom. The van der Waals surface area contributed by atoms with Crippen molar-refractivity contribution in [3.05, 3.63) is 35.5 Å². The van der Waals surface area contributed by atoms with Crippen LogP contribution in [0.25, 0.3) is 11.3 Å². The van der Waals surface area contributed by atoms with Crippen molar-refractivity contribution in [2.45, 2.75) is 33.1 Å². The molecule has 1 aromatic heterocycles. The van der Waals surface area contributed by atoms with Crippen LogP contribution in [0.15, 0.2) is 24.3 Å². The number of hydrogen-bond acceptors (Lipinski definition) is 3. The van der Waals surface area contributed by atoms with E-state index >= 15 is 0 Å². The van der Waals surface area contributed by atoms with E-state index in [1.54, 1.807) is 0 Å². The van der Waals surface area contributed by atoms with Crippen LogP contribution in [0, 0.1) is 6.92 Å². The summed E-state index contributed by atoms with van der Waals surface area (Å²) < 4.78 is 0. The summed E-state index contributed by atoms with van der Waals surface area (Å²) in [7, 11) is 0. The normalized spacial score (nSPS) is 11.6. The molecule has 0 saturated heterocycles. The number of benzene rings is 1. The molecule has 1 heterocycles. The summed E-state index contributed by atoms with van der Waals surface area (Å²) in [6, 6.07) is 8.51. The van der Waals surface area contributed by atoms with E-state index in [0.717, 1.165) is 17.0 Å². The summed E-state index contributed by atoms with van der Waals surface area (Å²) in [6.45, 7) is 8.61. The van der Waals surface area contributed by atoms with Gasteiger partial charge in [0.25, 0.3) is 0 Å². The summed E-state index contributed by atoms with van der Waals surface area (Å²) in [5, 5.41) is 0. The molecule has 0 atom stereocenters. The highest BCUT2D eigenvalue weighted by atomic mass is 15.3. The predicted octanol–water partition coefficient (Wildman–Crippen LogP) is 2.97. The Hall–Kier alpha value is -1.81. The Balaban J connectivity index is 2.37. The van der Waals surface area contributed by atoms with E-state index in [1.807, 2.05) is 6.92 Å². The second kappa shape index (κ2) is 4.46. The fourth-order valence-corrected chi connectivity index (χ4v) is 1.94. The summed E-state index contributed by atoms with van der Waals surface area (Å²) in [5.74, 6) is 5.93. The fourth-order valence-electron chi connectivity index (χ4n) is 1.94. The number of nitrogens with one attached hydrogen (secondary N) is 2. The van der Waals surface area contributed by atoms with Gasteiger partial charge in [-0.25, -0.2) is 10.8 Å². The molecule has 2 rings (SSSR count). The minimum atomic E-state index is 0.170. The molecule has 0 aliphatic carbocycles. The minimum Gasteiger partial charge on any atom is -0.327 e. The van der Waals surface area contributed by atoms with E-state index in [4.69, 9.17) is 5.84 Å². The van der Waals surface area contributed by atoms with E-state index in [0.29, 0.717) is 5.95 Å². The summed E-state index contributed by atoms with van der Waals surface area (Å²) in [6.07, 6.45) is 0. The van der Waals surface area contributed by atoms with E-state index in [9.17, 15) is 0 Å². The molecule has 96 valence electrons. The lowest BCUT2D eigenvalue weighted by Gasteiger charge is -2.19. The van der Waals surface area contributed by atoms with Crippen molar-refractivity contribution in [2.75, 3.05) is 5.43 Å². The molecule has 1 aromatic carbocycles. The number of nitrogen functional groups attached to an aromatic ring is 1. The van der Waals surface area contributed by atoms with Crippen LogP contribution >= 0.6 is 0 Å². The van der Waals surface area contributed by atoms with Crippen molar-refractivity contribution < 1.29 is 0 Å². The predicted molar refractivity (Wildman–Crippen MR) is 75.3 cm³/mol. The first-order valence-electron chi connectivity index (χ1n) is 6.06. The highest BCUT2D eigenvalue weighted by Gasteiger charge is 2.14. The number of imidazole rings is 1. The molecule has 0 spiro atoms. The number of aromatic amines is 1. The Kier molecular flexibility index (Phi) is 3.13. The van der Waals surface area contributed by atoms with Crippen molar-refractivity contribution in [2.24, 2.45) is 5.84 Å². The van der Waals surface area contributed by atoms with Crippen molar-refractivity contribution in [3.63, 3.8) is 0 Å². The second-order valence-corrected chi connectivity index (χ2v) is 5.53. The van der Waals surface area contributed by atoms with Gasteiger partial charge in [0.1, 0.15) is 0 Å². The van der Waals surface area contributed by atoms with Crippen LogP contribution in [-0.4, -0.2) is 9.97 Å². The lowest BCUT2D eigenvalue weighted by molar-refractivity contribution is 0.590. The number of nitrogens with zero attached hydrogens (tertiary/aromatic N) is 1. The first-order chi connectivity index (χ1) is 8.41. The lowest BCUT2D eigenvalue weighted by atomic mass is 9.86. The Labute approximate surface area is 108 Å². The van der Waals surface area contributed by atoms with Gasteiger partial charge in [0.05, 0.1) is 5.69 Å². The highest BCUT2D eigenvalue weighted by Crippen LogP contribution is 2.27. The second-order valence-electron chi connectivity index (χ2n) is 5.53. The molecule has 0 aliphatic rings. The third-order valence-corrected chi connectivity index (χ3v) is 3.05. The maximum absolute atomic E-state index is 5.35. The van der Waals surface area contributed by atoms with E-state index in [2.05, 4.69) is 60.4 Å². The Morgan fingerprint density at radius 1 is 1.17 bits per heavy atom. The SMILES string of the molecule is Cc1[nH]c(NN)nc1-c1ccc(C(C)(C)C)cc1. The van der Waals surface area contributed by atoms with Crippen molar-refractivity contribution >= 4 is 5.95 Å². The molecule has 0 amide bonds. The molecule has 0 fully saturated rings.